The van der Waals surface area contributed by atoms with Crippen molar-refractivity contribution in [3.8, 4) is 17.2 Å². The van der Waals surface area contributed by atoms with Crippen LogP contribution in [-0.4, -0.2) is 53.9 Å². The van der Waals surface area contributed by atoms with Crippen molar-refractivity contribution in [1.29, 1.82) is 0 Å². The number of nitrogens with zero attached hydrogens (tertiary/aromatic N) is 2. The van der Waals surface area contributed by atoms with Crippen LogP contribution < -0.4 is 10.1 Å². The Bertz CT molecular complexity index is 896. The Balaban J connectivity index is 1.57. The summed E-state index contributed by atoms with van der Waals surface area (Å²) in [7, 11) is -3.03. The van der Waals surface area contributed by atoms with Crippen LogP contribution in [0.15, 0.2) is 33.9 Å². The summed E-state index contributed by atoms with van der Waals surface area (Å²) in [6, 6.07) is 6.96. The average molecular weight is 412 g/mol. The van der Waals surface area contributed by atoms with Gasteiger partial charge in [-0.15, -0.1) is 10.2 Å². The number of thioether (sulfide) groups is 1. The minimum absolute atomic E-state index is 0.00142. The van der Waals surface area contributed by atoms with Gasteiger partial charge in [-0.3, -0.25) is 4.79 Å². The van der Waals surface area contributed by atoms with Crippen LogP contribution in [0.4, 0.5) is 0 Å². The zero-order valence-electron chi connectivity index (χ0n) is 15.0. The Morgan fingerprint density at radius 1 is 1.37 bits per heavy atom. The highest BCUT2D eigenvalue weighted by Crippen LogP contribution is 2.27. The first-order valence-electron chi connectivity index (χ1n) is 8.60. The summed E-state index contributed by atoms with van der Waals surface area (Å²) >= 11 is 1.14. The Kier molecular flexibility index (Phi) is 6.05. The number of hydrogen-bond acceptors (Lipinski definition) is 8. The zero-order chi connectivity index (χ0) is 19.4. The Morgan fingerprint density at radius 3 is 2.74 bits per heavy atom. The van der Waals surface area contributed by atoms with Crippen molar-refractivity contribution in [2.24, 2.45) is 0 Å². The summed E-state index contributed by atoms with van der Waals surface area (Å²) in [6.45, 7) is 4.22. The van der Waals surface area contributed by atoms with Gasteiger partial charge in [0.1, 0.15) is 5.75 Å². The molecule has 1 aromatic carbocycles. The number of carbonyl (C=O) groups is 1. The predicted molar refractivity (Wildman–Crippen MR) is 101 cm³/mol. The molecule has 1 saturated heterocycles. The van der Waals surface area contributed by atoms with E-state index in [-0.39, 0.29) is 28.7 Å². The molecule has 1 aliphatic heterocycles. The molecule has 1 fully saturated rings. The van der Waals surface area contributed by atoms with E-state index < -0.39 is 15.1 Å². The van der Waals surface area contributed by atoms with E-state index in [1.54, 1.807) is 6.92 Å². The quantitative estimate of drug-likeness (QED) is 0.688. The number of sulfone groups is 1. The van der Waals surface area contributed by atoms with Gasteiger partial charge in [-0.2, -0.15) is 0 Å². The number of benzene rings is 1. The zero-order valence-corrected chi connectivity index (χ0v) is 16.7. The molecule has 2 aromatic rings. The molecule has 1 aliphatic rings. The van der Waals surface area contributed by atoms with Gasteiger partial charge in [0.05, 0.1) is 23.4 Å². The first-order valence-corrected chi connectivity index (χ1v) is 11.3. The van der Waals surface area contributed by atoms with E-state index in [4.69, 9.17) is 9.15 Å². The number of carbonyl (C=O) groups excluding carboxylic acids is 1. The second-order valence-corrected chi connectivity index (χ2v) is 9.72. The van der Waals surface area contributed by atoms with Crippen LogP contribution in [0.1, 0.15) is 20.3 Å². The topological polar surface area (TPSA) is 111 Å². The van der Waals surface area contributed by atoms with E-state index in [0.717, 1.165) is 23.1 Å². The lowest BCUT2D eigenvalue weighted by atomic mass is 10.2. The summed E-state index contributed by atoms with van der Waals surface area (Å²) in [5, 5.41) is 10.5. The van der Waals surface area contributed by atoms with Crippen LogP contribution in [0.25, 0.3) is 11.5 Å². The molecule has 1 N–H and O–H groups in total. The van der Waals surface area contributed by atoms with Crippen LogP contribution in [-0.2, 0) is 14.6 Å². The van der Waals surface area contributed by atoms with Crippen LogP contribution in [0.5, 0.6) is 5.75 Å². The first-order chi connectivity index (χ1) is 12.9. The molecule has 0 spiro atoms. The maximum atomic E-state index is 12.3. The van der Waals surface area contributed by atoms with Crippen molar-refractivity contribution in [1.82, 2.24) is 15.5 Å². The molecule has 3 rings (SSSR count). The largest absolute Gasteiger partial charge is 0.494 e. The molecule has 1 amide bonds. The van der Waals surface area contributed by atoms with Crippen LogP contribution in [0, 0.1) is 0 Å². The molecular formula is C17H21N3O5S2. The lowest BCUT2D eigenvalue weighted by Crippen LogP contribution is -2.39. The van der Waals surface area contributed by atoms with Crippen LogP contribution in [0.3, 0.4) is 0 Å². The fraction of sp³-hybridized carbons (Fsp3) is 0.471. The first kappa shape index (κ1) is 19.7. The summed E-state index contributed by atoms with van der Waals surface area (Å²) < 4.78 is 34.0. The molecule has 10 heteroatoms. The maximum absolute atomic E-state index is 12.3. The van der Waals surface area contributed by atoms with Crippen molar-refractivity contribution in [3.63, 3.8) is 0 Å². The minimum atomic E-state index is -3.03. The molecule has 27 heavy (non-hydrogen) atoms. The standard InChI is InChI=1S/C17H21N3O5S2/c1-3-24-14-6-4-12(5-7-14)16-19-20-17(25-16)26-11(2)15(21)18-13-8-9-27(22,23)10-13/h4-7,11,13H,3,8-10H2,1-2H3,(H,18,21)/t11-,13-/m1/s1. The van der Waals surface area contributed by atoms with Crippen molar-refractivity contribution in [2.75, 3.05) is 18.1 Å². The molecule has 2 heterocycles. The molecule has 0 radical (unpaired) electrons. The van der Waals surface area contributed by atoms with E-state index in [1.165, 1.54) is 0 Å². The summed E-state index contributed by atoms with van der Waals surface area (Å²) in [5.41, 5.74) is 0.756. The van der Waals surface area contributed by atoms with Gasteiger partial charge in [-0.1, -0.05) is 11.8 Å². The highest BCUT2D eigenvalue weighted by Gasteiger charge is 2.30. The summed E-state index contributed by atoms with van der Waals surface area (Å²) in [4.78, 5) is 12.3. The number of ether oxygens (including phenoxy) is 1. The molecule has 0 saturated carbocycles. The average Bonchev–Trinajstić information content (AvgIpc) is 3.22. The number of aromatic nitrogens is 2. The van der Waals surface area contributed by atoms with Crippen molar-refractivity contribution in [2.45, 2.75) is 36.8 Å². The third-order valence-corrected chi connectivity index (χ3v) is 6.75. The monoisotopic (exact) mass is 411 g/mol. The van der Waals surface area contributed by atoms with Crippen LogP contribution in [0.2, 0.25) is 0 Å². The molecule has 0 unspecified atom stereocenters. The Hall–Kier alpha value is -2.07. The SMILES string of the molecule is CCOc1ccc(-c2nnc(S[C@H](C)C(=O)N[C@@H]3CCS(=O)(=O)C3)o2)cc1. The van der Waals surface area contributed by atoms with Crippen molar-refractivity contribution >= 4 is 27.5 Å². The van der Waals surface area contributed by atoms with Gasteiger partial charge in [0.15, 0.2) is 9.84 Å². The van der Waals surface area contributed by atoms with E-state index >= 15 is 0 Å². The molecule has 8 nitrogen and oxygen atoms in total. The lowest BCUT2D eigenvalue weighted by molar-refractivity contribution is -0.120. The van der Waals surface area contributed by atoms with Crippen LogP contribution >= 0.6 is 11.8 Å². The molecule has 1 aromatic heterocycles. The maximum Gasteiger partial charge on any atom is 0.277 e. The van der Waals surface area contributed by atoms with Gasteiger partial charge in [0, 0.05) is 11.6 Å². The normalized spacial score (nSPS) is 19.6. The van der Waals surface area contributed by atoms with Gasteiger partial charge >= 0.3 is 0 Å². The summed E-state index contributed by atoms with van der Waals surface area (Å²) in [5.74, 6) is 0.986. The molecule has 146 valence electrons. The third-order valence-electron chi connectivity index (χ3n) is 4.04. The van der Waals surface area contributed by atoms with E-state index in [0.29, 0.717) is 18.9 Å². The van der Waals surface area contributed by atoms with Crippen molar-refractivity contribution < 1.29 is 22.4 Å². The highest BCUT2D eigenvalue weighted by atomic mass is 32.2. The molecular weight excluding hydrogens is 390 g/mol. The smallest absolute Gasteiger partial charge is 0.277 e. The second kappa shape index (κ2) is 8.30. The predicted octanol–water partition coefficient (Wildman–Crippen LogP) is 1.92. The fourth-order valence-electron chi connectivity index (χ4n) is 2.67. The van der Waals surface area contributed by atoms with Gasteiger partial charge in [-0.25, -0.2) is 8.42 Å². The minimum Gasteiger partial charge on any atom is -0.494 e. The number of nitrogens with one attached hydrogen (secondary N) is 1. The summed E-state index contributed by atoms with van der Waals surface area (Å²) in [6.07, 6.45) is 0.452. The van der Waals surface area contributed by atoms with Gasteiger partial charge in [0.2, 0.25) is 11.8 Å². The molecule has 0 aliphatic carbocycles. The van der Waals surface area contributed by atoms with Gasteiger partial charge in [-0.05, 0) is 44.5 Å². The van der Waals surface area contributed by atoms with E-state index in [1.807, 2.05) is 31.2 Å². The van der Waals surface area contributed by atoms with E-state index in [2.05, 4.69) is 15.5 Å². The second-order valence-electron chi connectivity index (χ2n) is 6.20. The van der Waals surface area contributed by atoms with E-state index in [9.17, 15) is 13.2 Å². The number of rotatable bonds is 7. The molecule has 2 atom stereocenters. The third kappa shape index (κ3) is 5.23. The highest BCUT2D eigenvalue weighted by molar-refractivity contribution is 8.00. The number of hydrogen-bond donors (Lipinski definition) is 1. The fourth-order valence-corrected chi connectivity index (χ4v) is 5.03. The lowest BCUT2D eigenvalue weighted by Gasteiger charge is -2.14. The Morgan fingerprint density at radius 2 is 2.11 bits per heavy atom. The molecule has 0 bridgehead atoms. The van der Waals surface area contributed by atoms with Gasteiger partial charge in [0.25, 0.3) is 5.22 Å². The number of amides is 1. The van der Waals surface area contributed by atoms with Crippen molar-refractivity contribution in [3.05, 3.63) is 24.3 Å². The Labute approximate surface area is 162 Å². The van der Waals surface area contributed by atoms with Gasteiger partial charge < -0.3 is 14.5 Å².